The lowest BCUT2D eigenvalue weighted by atomic mass is 9.88. The van der Waals surface area contributed by atoms with Crippen LogP contribution < -0.4 is 4.90 Å². The van der Waals surface area contributed by atoms with Gasteiger partial charge in [-0.25, -0.2) is 9.97 Å². The third-order valence-electron chi connectivity index (χ3n) is 4.82. The van der Waals surface area contributed by atoms with Crippen LogP contribution in [0.1, 0.15) is 25.7 Å². The number of aromatic nitrogens is 2. The third-order valence-corrected chi connectivity index (χ3v) is 4.82. The van der Waals surface area contributed by atoms with Crippen LogP contribution in [0, 0.1) is 0 Å². The molecule has 3 heterocycles. The second-order valence-electron chi connectivity index (χ2n) is 6.40. The molecular weight excluding hydrogens is 296 g/mol. The Bertz CT molecular complexity index is 541. The van der Waals surface area contributed by atoms with Crippen molar-refractivity contribution in [2.75, 3.05) is 38.3 Å². The number of piperidine rings is 1. The first-order valence-corrected chi connectivity index (χ1v) is 8.16. The molecule has 2 saturated heterocycles. The lowest BCUT2D eigenvalue weighted by Crippen LogP contribution is -2.50. The largest absolute Gasteiger partial charge is 0.396 e. The molecule has 1 N–H and O–H groups in total. The Balaban J connectivity index is 1.65. The van der Waals surface area contributed by atoms with Crippen LogP contribution in [0.25, 0.3) is 0 Å². The Morgan fingerprint density at radius 3 is 3.04 bits per heavy atom. The maximum atomic E-state index is 12.1. The van der Waals surface area contributed by atoms with Gasteiger partial charge in [0.15, 0.2) is 0 Å². The van der Waals surface area contributed by atoms with E-state index < -0.39 is 0 Å². The van der Waals surface area contributed by atoms with Gasteiger partial charge in [-0.3, -0.25) is 4.79 Å². The number of likely N-dealkylation sites (tertiary alicyclic amines) is 1. The number of hydrogen-bond acceptors (Lipinski definition) is 6. The number of hydrogen-bond donors (Lipinski definition) is 1. The molecule has 0 radical (unpaired) electrons. The molecule has 0 aromatic carbocycles. The van der Waals surface area contributed by atoms with Gasteiger partial charge in [0.05, 0.1) is 24.9 Å². The third kappa shape index (κ3) is 3.45. The Morgan fingerprint density at radius 1 is 1.52 bits per heavy atom. The number of amides is 1. The van der Waals surface area contributed by atoms with E-state index in [2.05, 4.69) is 14.9 Å². The Labute approximate surface area is 136 Å². The van der Waals surface area contributed by atoms with E-state index in [9.17, 15) is 4.79 Å². The number of carbonyl (C=O) groups excluding carboxylic acids is 1. The number of carbonyl (C=O) groups is 1. The van der Waals surface area contributed by atoms with Crippen molar-refractivity contribution in [3.8, 4) is 0 Å². The van der Waals surface area contributed by atoms with E-state index in [1.807, 2.05) is 11.9 Å². The van der Waals surface area contributed by atoms with Gasteiger partial charge in [0, 0.05) is 45.4 Å². The fourth-order valence-electron chi connectivity index (χ4n) is 3.55. The van der Waals surface area contributed by atoms with Crippen LogP contribution in [-0.4, -0.2) is 70.9 Å². The topological polar surface area (TPSA) is 78.8 Å². The molecule has 1 aromatic rings. The Morgan fingerprint density at radius 2 is 2.30 bits per heavy atom. The molecule has 126 valence electrons. The molecule has 2 atom stereocenters. The monoisotopic (exact) mass is 320 g/mol. The van der Waals surface area contributed by atoms with Gasteiger partial charge >= 0.3 is 0 Å². The highest BCUT2D eigenvalue weighted by molar-refractivity contribution is 5.76. The number of aliphatic hydroxyl groups excluding tert-OH is 1. The molecule has 23 heavy (non-hydrogen) atoms. The summed E-state index contributed by atoms with van der Waals surface area (Å²) in [6, 6.07) is 2.01. The molecule has 7 nitrogen and oxygen atoms in total. The lowest BCUT2D eigenvalue weighted by molar-refractivity contribution is -0.139. The first-order chi connectivity index (χ1) is 11.1. The highest BCUT2D eigenvalue weighted by Crippen LogP contribution is 2.36. The maximum absolute atomic E-state index is 12.1. The fraction of sp³-hybridized carbons (Fsp3) is 0.688. The molecule has 0 saturated carbocycles. The molecule has 1 aromatic heterocycles. The Hall–Kier alpha value is -1.73. The zero-order chi connectivity index (χ0) is 16.3. The summed E-state index contributed by atoms with van der Waals surface area (Å²) in [4.78, 5) is 24.5. The maximum Gasteiger partial charge on any atom is 0.225 e. The van der Waals surface area contributed by atoms with Crippen LogP contribution in [0.2, 0.25) is 0 Å². The van der Waals surface area contributed by atoms with E-state index in [1.165, 1.54) is 0 Å². The van der Waals surface area contributed by atoms with Crippen molar-refractivity contribution in [1.82, 2.24) is 14.9 Å². The minimum absolute atomic E-state index is 0.0124. The number of anilines is 1. The highest BCUT2D eigenvalue weighted by atomic mass is 16.5. The van der Waals surface area contributed by atoms with Crippen LogP contribution in [0.5, 0.6) is 0 Å². The molecule has 0 aliphatic carbocycles. The van der Waals surface area contributed by atoms with Gasteiger partial charge in [0.25, 0.3) is 0 Å². The smallest absolute Gasteiger partial charge is 0.225 e. The van der Waals surface area contributed by atoms with Gasteiger partial charge in [0.1, 0.15) is 0 Å². The van der Waals surface area contributed by atoms with E-state index in [1.54, 1.807) is 18.5 Å². The number of ether oxygens (including phenoxy) is 1. The van der Waals surface area contributed by atoms with Crippen molar-refractivity contribution in [3.05, 3.63) is 18.5 Å². The van der Waals surface area contributed by atoms with Crippen molar-refractivity contribution >= 4 is 11.9 Å². The summed E-state index contributed by atoms with van der Waals surface area (Å²) in [7, 11) is 1.99. The molecule has 7 heteroatoms. The summed E-state index contributed by atoms with van der Waals surface area (Å²) >= 11 is 0. The normalized spacial score (nSPS) is 27.4. The minimum atomic E-state index is -0.267. The van der Waals surface area contributed by atoms with Gasteiger partial charge in [-0.2, -0.15) is 0 Å². The molecular formula is C16H24N4O3. The molecule has 0 bridgehead atoms. The van der Waals surface area contributed by atoms with Crippen LogP contribution in [-0.2, 0) is 9.53 Å². The predicted molar refractivity (Wildman–Crippen MR) is 85.0 cm³/mol. The highest BCUT2D eigenvalue weighted by Gasteiger charge is 2.45. The summed E-state index contributed by atoms with van der Waals surface area (Å²) in [5.74, 6) is 0.709. The summed E-state index contributed by atoms with van der Waals surface area (Å²) < 4.78 is 6.14. The number of nitrogens with zero attached hydrogens (tertiary/aromatic N) is 4. The van der Waals surface area contributed by atoms with Crippen LogP contribution in [0.15, 0.2) is 18.5 Å². The first-order valence-electron chi connectivity index (χ1n) is 8.16. The van der Waals surface area contributed by atoms with Crippen LogP contribution >= 0.6 is 0 Å². The SMILES string of the molecule is CN(c1ncccn1)C1COC2(CCCN(C(=O)CCO)C2)C1. The summed E-state index contributed by atoms with van der Waals surface area (Å²) in [6.07, 6.45) is 6.44. The van der Waals surface area contributed by atoms with Crippen molar-refractivity contribution in [3.63, 3.8) is 0 Å². The molecule has 2 unspecified atom stereocenters. The summed E-state index contributed by atoms with van der Waals surface area (Å²) in [6.45, 7) is 1.90. The lowest BCUT2D eigenvalue weighted by Gasteiger charge is -2.40. The fourth-order valence-corrected chi connectivity index (χ4v) is 3.55. The predicted octanol–water partition coefficient (Wildman–Crippen LogP) is 0.445. The molecule has 3 rings (SSSR count). The van der Waals surface area contributed by atoms with Crippen molar-refractivity contribution < 1.29 is 14.6 Å². The van der Waals surface area contributed by atoms with E-state index in [4.69, 9.17) is 9.84 Å². The molecule has 2 aliphatic rings. The number of aliphatic hydroxyl groups is 1. The van der Waals surface area contributed by atoms with Crippen molar-refractivity contribution in [2.45, 2.75) is 37.3 Å². The standard InChI is InChI=1S/C16H24N4O3/c1-19(15-17-6-3-7-18-15)13-10-16(23-11-13)5-2-8-20(12-16)14(22)4-9-21/h3,6-7,13,21H,2,4-5,8-12H2,1H3. The van der Waals surface area contributed by atoms with Crippen LogP contribution in [0.4, 0.5) is 5.95 Å². The van der Waals surface area contributed by atoms with Gasteiger partial charge in [-0.1, -0.05) is 0 Å². The average molecular weight is 320 g/mol. The quantitative estimate of drug-likeness (QED) is 0.867. The van der Waals surface area contributed by atoms with Gasteiger partial charge in [-0.15, -0.1) is 0 Å². The zero-order valence-electron chi connectivity index (χ0n) is 13.5. The summed E-state index contributed by atoms with van der Waals surface area (Å²) in [5, 5.41) is 8.97. The second kappa shape index (κ2) is 6.80. The van der Waals surface area contributed by atoms with Gasteiger partial charge in [0.2, 0.25) is 11.9 Å². The number of likely N-dealkylation sites (N-methyl/N-ethyl adjacent to an activating group) is 1. The first kappa shape index (κ1) is 16.1. The van der Waals surface area contributed by atoms with E-state index in [0.717, 1.165) is 25.8 Å². The average Bonchev–Trinajstić information content (AvgIpc) is 2.98. The van der Waals surface area contributed by atoms with Gasteiger partial charge in [-0.05, 0) is 18.9 Å². The number of rotatable bonds is 4. The molecule has 2 aliphatic heterocycles. The minimum Gasteiger partial charge on any atom is -0.396 e. The molecule has 1 spiro atoms. The van der Waals surface area contributed by atoms with E-state index >= 15 is 0 Å². The van der Waals surface area contributed by atoms with E-state index in [0.29, 0.717) is 19.1 Å². The molecule has 2 fully saturated rings. The van der Waals surface area contributed by atoms with Crippen molar-refractivity contribution in [1.29, 1.82) is 0 Å². The Kier molecular flexibility index (Phi) is 4.77. The second-order valence-corrected chi connectivity index (χ2v) is 6.40. The zero-order valence-corrected chi connectivity index (χ0v) is 13.5. The van der Waals surface area contributed by atoms with E-state index in [-0.39, 0.29) is 30.6 Å². The van der Waals surface area contributed by atoms with Gasteiger partial charge < -0.3 is 19.6 Å². The van der Waals surface area contributed by atoms with Crippen LogP contribution in [0.3, 0.4) is 0 Å². The molecule has 1 amide bonds. The summed E-state index contributed by atoms with van der Waals surface area (Å²) in [5.41, 5.74) is -0.267. The van der Waals surface area contributed by atoms with Crippen molar-refractivity contribution in [2.24, 2.45) is 0 Å².